The third-order valence-electron chi connectivity index (χ3n) is 7.29. The van der Waals surface area contributed by atoms with Gasteiger partial charge in [0.15, 0.2) is 0 Å². The van der Waals surface area contributed by atoms with Crippen LogP contribution in [0.1, 0.15) is 26.3 Å². The number of thioether (sulfide) groups is 1. The summed E-state index contributed by atoms with van der Waals surface area (Å²) in [6.45, 7) is 10.1. The van der Waals surface area contributed by atoms with Crippen LogP contribution in [0.3, 0.4) is 0 Å². The number of aromatic nitrogens is 2. The van der Waals surface area contributed by atoms with Crippen LogP contribution in [-0.2, 0) is 17.5 Å². The molecule has 11 heteroatoms. The van der Waals surface area contributed by atoms with Crippen molar-refractivity contribution in [1.82, 2.24) is 14.5 Å². The van der Waals surface area contributed by atoms with Gasteiger partial charge in [0, 0.05) is 53.3 Å². The van der Waals surface area contributed by atoms with E-state index in [-0.39, 0.29) is 59.3 Å². The van der Waals surface area contributed by atoms with Gasteiger partial charge in [-0.1, -0.05) is 25.6 Å². The van der Waals surface area contributed by atoms with Crippen LogP contribution in [0.25, 0.3) is 22.0 Å². The van der Waals surface area contributed by atoms with E-state index in [1.54, 1.807) is 9.80 Å². The van der Waals surface area contributed by atoms with Crippen molar-refractivity contribution in [2.45, 2.75) is 50.5 Å². The number of carbonyl (C=O) groups is 1. The van der Waals surface area contributed by atoms with Crippen molar-refractivity contribution in [1.29, 1.82) is 0 Å². The van der Waals surface area contributed by atoms with Crippen molar-refractivity contribution in [2.75, 3.05) is 23.7 Å². The number of carbonyl (C=O) groups excluding carboxylic acids is 1. The monoisotopic (exact) mass is 560 g/mol. The first kappa shape index (κ1) is 27.2. The molecule has 0 spiro atoms. The molecule has 3 atom stereocenters. The number of benzene rings is 2. The molecule has 206 valence electrons. The fourth-order valence-electron chi connectivity index (χ4n) is 5.70. The Bertz CT molecular complexity index is 1510. The number of alkyl halides is 3. The minimum Gasteiger partial charge on any atom is -0.352 e. The molecule has 2 aliphatic heterocycles. The summed E-state index contributed by atoms with van der Waals surface area (Å²) in [7, 11) is 0. The normalized spacial score (nSPS) is 21.7. The van der Waals surface area contributed by atoms with Crippen LogP contribution >= 0.6 is 11.8 Å². The van der Waals surface area contributed by atoms with Gasteiger partial charge in [-0.25, -0.2) is 9.18 Å². The zero-order valence-electron chi connectivity index (χ0n) is 21.8. The topological polar surface area (TPSA) is 58.4 Å². The lowest BCUT2D eigenvalue weighted by Crippen LogP contribution is -2.58. The zero-order chi connectivity index (χ0) is 28.2. The van der Waals surface area contributed by atoms with Gasteiger partial charge < -0.3 is 9.80 Å². The largest absolute Gasteiger partial charge is 0.417 e. The molecule has 0 radical (unpaired) electrons. The average Bonchev–Trinajstić information content (AvgIpc) is 3.05. The van der Waals surface area contributed by atoms with E-state index >= 15 is 0 Å². The molecule has 3 aromatic rings. The Labute approximate surface area is 227 Å². The van der Waals surface area contributed by atoms with Gasteiger partial charge >= 0.3 is 11.9 Å². The SMILES string of the molecule is C=CC(=O)N1[C@H](C)CN(c2nc(=O)n3c4c(c(-c5ccc(F)cc5)c(C(F)(F)F)cc24)SC[C@@H](C)C3)C[C@@H]1C. The van der Waals surface area contributed by atoms with Crippen molar-refractivity contribution in [3.8, 4) is 11.1 Å². The van der Waals surface area contributed by atoms with Crippen molar-refractivity contribution >= 4 is 34.4 Å². The first-order valence-corrected chi connectivity index (χ1v) is 13.7. The lowest BCUT2D eigenvalue weighted by molar-refractivity contribution is -0.137. The molecule has 2 aromatic carbocycles. The Morgan fingerprint density at radius 2 is 1.74 bits per heavy atom. The lowest BCUT2D eigenvalue weighted by Gasteiger charge is -2.44. The molecule has 1 aromatic heterocycles. The van der Waals surface area contributed by atoms with Gasteiger partial charge in [0.2, 0.25) is 5.91 Å². The molecule has 0 unspecified atom stereocenters. The highest BCUT2D eigenvalue weighted by Crippen LogP contribution is 2.48. The van der Waals surface area contributed by atoms with E-state index in [0.717, 1.165) is 18.2 Å². The van der Waals surface area contributed by atoms with Gasteiger partial charge in [0.1, 0.15) is 11.6 Å². The molecule has 2 aliphatic rings. The third-order valence-corrected chi connectivity index (χ3v) is 8.71. The molecule has 0 saturated carbocycles. The van der Waals surface area contributed by atoms with E-state index < -0.39 is 23.2 Å². The summed E-state index contributed by atoms with van der Waals surface area (Å²) in [5.41, 5.74) is -0.853. The van der Waals surface area contributed by atoms with Gasteiger partial charge in [-0.2, -0.15) is 18.2 Å². The number of anilines is 1. The second kappa shape index (κ2) is 10.0. The molecule has 6 nitrogen and oxygen atoms in total. The second-order valence-electron chi connectivity index (χ2n) is 10.3. The Balaban J connectivity index is 1.81. The van der Waals surface area contributed by atoms with Gasteiger partial charge in [-0.05, 0) is 49.6 Å². The molecule has 1 amide bonds. The van der Waals surface area contributed by atoms with Gasteiger partial charge in [-0.3, -0.25) is 9.36 Å². The quantitative estimate of drug-likeness (QED) is 0.310. The predicted octanol–water partition coefficient (Wildman–Crippen LogP) is 5.57. The van der Waals surface area contributed by atoms with E-state index in [9.17, 15) is 27.2 Å². The van der Waals surface area contributed by atoms with Crippen LogP contribution in [0.2, 0.25) is 0 Å². The molecule has 0 N–H and O–H groups in total. The van der Waals surface area contributed by atoms with E-state index in [1.165, 1.54) is 34.5 Å². The molecule has 0 aliphatic carbocycles. The number of nitrogens with zero attached hydrogens (tertiary/aromatic N) is 4. The highest BCUT2D eigenvalue weighted by atomic mass is 32.2. The fraction of sp³-hybridized carbons (Fsp3) is 0.393. The fourth-order valence-corrected chi connectivity index (χ4v) is 6.98. The summed E-state index contributed by atoms with van der Waals surface area (Å²) in [4.78, 5) is 34.0. The number of hydrogen-bond acceptors (Lipinski definition) is 5. The molecule has 39 heavy (non-hydrogen) atoms. The summed E-state index contributed by atoms with van der Waals surface area (Å²) in [6.07, 6.45) is -3.48. The standard InChI is InChI=1S/C28H28F4N4O2S/c1-5-22(37)36-16(3)12-34(13-17(36)4)26-20-10-21(28(30,31)32)23(18-6-8-19(29)9-7-18)25-24(20)35(27(38)33-26)11-15(2)14-39-25/h5-10,15-17H,1,11-14H2,2-4H3/t15-,16-,17+/m0/s1. The van der Waals surface area contributed by atoms with Gasteiger partial charge in [0.25, 0.3) is 0 Å². The number of rotatable bonds is 3. The third kappa shape index (κ3) is 4.81. The van der Waals surface area contributed by atoms with Gasteiger partial charge in [-0.15, -0.1) is 11.8 Å². The maximum absolute atomic E-state index is 14.7. The predicted molar refractivity (Wildman–Crippen MR) is 144 cm³/mol. The van der Waals surface area contributed by atoms with E-state index in [0.29, 0.717) is 22.7 Å². The minimum absolute atomic E-state index is 0.000130. The van der Waals surface area contributed by atoms with Crippen LogP contribution in [0, 0.1) is 11.7 Å². The Morgan fingerprint density at radius 3 is 2.33 bits per heavy atom. The molecule has 0 bridgehead atoms. The van der Waals surface area contributed by atoms with Crippen LogP contribution in [0.5, 0.6) is 0 Å². The Morgan fingerprint density at radius 1 is 1.10 bits per heavy atom. The molecular weight excluding hydrogens is 532 g/mol. The zero-order valence-corrected chi connectivity index (χ0v) is 22.6. The molecule has 5 rings (SSSR count). The number of amides is 1. The van der Waals surface area contributed by atoms with E-state index in [4.69, 9.17) is 0 Å². The lowest BCUT2D eigenvalue weighted by atomic mass is 9.96. The second-order valence-corrected chi connectivity index (χ2v) is 11.4. The number of halogens is 4. The van der Waals surface area contributed by atoms with E-state index in [1.807, 2.05) is 20.8 Å². The molecular formula is C28H28F4N4O2S. The van der Waals surface area contributed by atoms with Crippen molar-refractivity contribution in [3.63, 3.8) is 0 Å². The maximum atomic E-state index is 14.7. The maximum Gasteiger partial charge on any atom is 0.417 e. The molecule has 1 saturated heterocycles. The van der Waals surface area contributed by atoms with Crippen LogP contribution < -0.4 is 10.6 Å². The number of piperazine rings is 1. The molecule has 3 heterocycles. The van der Waals surface area contributed by atoms with Crippen molar-refractivity contribution in [3.05, 3.63) is 64.9 Å². The van der Waals surface area contributed by atoms with E-state index in [2.05, 4.69) is 11.6 Å². The first-order valence-electron chi connectivity index (χ1n) is 12.7. The summed E-state index contributed by atoms with van der Waals surface area (Å²) < 4.78 is 59.2. The van der Waals surface area contributed by atoms with Crippen LogP contribution in [0.4, 0.5) is 23.4 Å². The average molecular weight is 561 g/mol. The van der Waals surface area contributed by atoms with Crippen molar-refractivity contribution in [2.24, 2.45) is 5.92 Å². The smallest absolute Gasteiger partial charge is 0.352 e. The van der Waals surface area contributed by atoms with Gasteiger partial charge in [0.05, 0.1) is 11.1 Å². The van der Waals surface area contributed by atoms with Crippen molar-refractivity contribution < 1.29 is 22.4 Å². The summed E-state index contributed by atoms with van der Waals surface area (Å²) in [5, 5.41) is 0.229. The Kier molecular flexibility index (Phi) is 6.98. The number of hydrogen-bond donors (Lipinski definition) is 0. The summed E-state index contributed by atoms with van der Waals surface area (Å²) >= 11 is 1.27. The highest BCUT2D eigenvalue weighted by Gasteiger charge is 2.39. The van der Waals surface area contributed by atoms with Crippen LogP contribution in [-0.4, -0.2) is 51.3 Å². The summed E-state index contributed by atoms with van der Waals surface area (Å²) in [5.74, 6) is -0.119. The minimum atomic E-state index is -4.72. The van der Waals surface area contributed by atoms with Crippen LogP contribution in [0.15, 0.2) is 52.7 Å². The highest BCUT2D eigenvalue weighted by molar-refractivity contribution is 7.99. The first-order chi connectivity index (χ1) is 18.4. The summed E-state index contributed by atoms with van der Waals surface area (Å²) in [6, 6.07) is 5.43. The Hall–Kier alpha value is -3.34. The molecule has 1 fully saturated rings.